The predicted molar refractivity (Wildman–Crippen MR) is 97.3 cm³/mol. The molecule has 1 fully saturated rings. The molecule has 4 nitrogen and oxygen atoms in total. The van der Waals surface area contributed by atoms with E-state index < -0.39 is 18.3 Å². The van der Waals surface area contributed by atoms with Gasteiger partial charge < -0.3 is 15.4 Å². The normalized spacial score (nSPS) is 27.9. The fourth-order valence-corrected chi connectivity index (χ4v) is 3.94. The van der Waals surface area contributed by atoms with Crippen molar-refractivity contribution < 1.29 is 18.3 Å². The smallest absolute Gasteiger partial charge is 0.252 e. The molecule has 2 aromatic carbocycles. The zero-order valence-electron chi connectivity index (χ0n) is 14.9. The monoisotopic (exact) mass is 372 g/mol. The van der Waals surface area contributed by atoms with Crippen LogP contribution < -0.4 is 5.73 Å². The van der Waals surface area contributed by atoms with E-state index in [1.807, 2.05) is 24.3 Å². The van der Waals surface area contributed by atoms with Gasteiger partial charge in [-0.2, -0.15) is 0 Å². The standard InChI is InChI=1S/C21H22F2N2O2/c22-15-7-5-14(6-8-15)20-16-4-2-1-3-13(16)9-10-25(20)21(26)19-11-17(23)18(24)12-27-19/h1-8,17-20H,9-12,24H2/t17-,18-,19-,20-/m0/s1. The molecule has 0 radical (unpaired) electrons. The lowest BCUT2D eigenvalue weighted by Gasteiger charge is -2.40. The van der Waals surface area contributed by atoms with Crippen LogP contribution in [0.4, 0.5) is 8.78 Å². The van der Waals surface area contributed by atoms with Gasteiger partial charge in [-0.3, -0.25) is 4.79 Å². The number of carbonyl (C=O) groups is 1. The van der Waals surface area contributed by atoms with Crippen LogP contribution in [0.3, 0.4) is 0 Å². The Bertz CT molecular complexity index is 827. The van der Waals surface area contributed by atoms with Crippen molar-refractivity contribution >= 4 is 5.91 Å². The molecule has 1 saturated heterocycles. The Morgan fingerprint density at radius 2 is 1.89 bits per heavy atom. The van der Waals surface area contributed by atoms with Crippen molar-refractivity contribution in [3.05, 3.63) is 71.0 Å². The summed E-state index contributed by atoms with van der Waals surface area (Å²) in [5, 5.41) is 0. The summed E-state index contributed by atoms with van der Waals surface area (Å²) in [5.41, 5.74) is 8.64. The highest BCUT2D eigenvalue weighted by Gasteiger charge is 2.39. The first-order chi connectivity index (χ1) is 13.0. The number of amides is 1. The van der Waals surface area contributed by atoms with Crippen LogP contribution >= 0.6 is 0 Å². The maximum atomic E-state index is 14.0. The van der Waals surface area contributed by atoms with Crippen molar-refractivity contribution in [2.75, 3.05) is 13.2 Å². The third-order valence-electron chi connectivity index (χ3n) is 5.42. The van der Waals surface area contributed by atoms with Gasteiger partial charge in [-0.15, -0.1) is 0 Å². The molecule has 142 valence electrons. The number of benzene rings is 2. The molecule has 6 heteroatoms. The molecule has 1 amide bonds. The summed E-state index contributed by atoms with van der Waals surface area (Å²) in [6.45, 7) is 0.532. The summed E-state index contributed by atoms with van der Waals surface area (Å²) < 4.78 is 33.0. The number of hydrogen-bond acceptors (Lipinski definition) is 3. The zero-order valence-corrected chi connectivity index (χ0v) is 14.9. The van der Waals surface area contributed by atoms with Crippen LogP contribution in [0.15, 0.2) is 48.5 Å². The highest BCUT2D eigenvalue weighted by molar-refractivity contribution is 5.82. The number of carbonyl (C=O) groups excluding carboxylic acids is 1. The Morgan fingerprint density at radius 1 is 1.15 bits per heavy atom. The number of rotatable bonds is 2. The molecular weight excluding hydrogens is 350 g/mol. The molecule has 2 aliphatic rings. The van der Waals surface area contributed by atoms with Crippen molar-refractivity contribution in [2.45, 2.75) is 37.2 Å². The van der Waals surface area contributed by atoms with Gasteiger partial charge in [-0.05, 0) is 35.2 Å². The molecule has 2 N–H and O–H groups in total. The van der Waals surface area contributed by atoms with E-state index in [0.29, 0.717) is 13.0 Å². The molecule has 0 unspecified atom stereocenters. The molecule has 2 heterocycles. The predicted octanol–water partition coefficient (Wildman–Crippen LogP) is 2.75. The molecule has 4 atom stereocenters. The highest BCUT2D eigenvalue weighted by atomic mass is 19.1. The summed E-state index contributed by atoms with van der Waals surface area (Å²) in [6, 6.07) is 13.1. The maximum Gasteiger partial charge on any atom is 0.252 e. The lowest BCUT2D eigenvalue weighted by Crippen LogP contribution is -2.52. The Kier molecular flexibility index (Phi) is 4.93. The molecule has 27 heavy (non-hydrogen) atoms. The largest absolute Gasteiger partial charge is 0.367 e. The fraction of sp³-hybridized carbons (Fsp3) is 0.381. The van der Waals surface area contributed by atoms with Crippen molar-refractivity contribution in [1.82, 2.24) is 4.90 Å². The molecular formula is C21H22F2N2O2. The van der Waals surface area contributed by atoms with Gasteiger partial charge in [-0.1, -0.05) is 36.4 Å². The topological polar surface area (TPSA) is 55.6 Å². The van der Waals surface area contributed by atoms with E-state index in [2.05, 4.69) is 0 Å². The SMILES string of the molecule is N[C@H]1CO[C@H](C(=O)N2CCc3ccccc3[C@@H]2c2ccc(F)cc2)C[C@@H]1F. The van der Waals surface area contributed by atoms with Crippen LogP contribution in [-0.2, 0) is 16.0 Å². The number of hydrogen-bond donors (Lipinski definition) is 1. The lowest BCUT2D eigenvalue weighted by molar-refractivity contribution is -0.152. The van der Waals surface area contributed by atoms with Crippen LogP contribution in [0.25, 0.3) is 0 Å². The quantitative estimate of drug-likeness (QED) is 0.882. The van der Waals surface area contributed by atoms with Gasteiger partial charge in [0.2, 0.25) is 0 Å². The lowest BCUT2D eigenvalue weighted by atomic mass is 9.87. The van der Waals surface area contributed by atoms with Crippen LogP contribution in [0.1, 0.15) is 29.2 Å². The summed E-state index contributed by atoms with van der Waals surface area (Å²) in [7, 11) is 0. The Labute approximate surface area is 156 Å². The van der Waals surface area contributed by atoms with Crippen LogP contribution in [0, 0.1) is 5.82 Å². The van der Waals surface area contributed by atoms with Crippen LogP contribution in [-0.4, -0.2) is 42.3 Å². The van der Waals surface area contributed by atoms with E-state index in [0.717, 1.165) is 16.7 Å². The van der Waals surface area contributed by atoms with E-state index in [-0.39, 0.29) is 30.8 Å². The zero-order chi connectivity index (χ0) is 19.0. The van der Waals surface area contributed by atoms with Gasteiger partial charge >= 0.3 is 0 Å². The minimum absolute atomic E-state index is 0.0310. The van der Waals surface area contributed by atoms with E-state index >= 15 is 0 Å². The van der Waals surface area contributed by atoms with Gasteiger partial charge in [-0.25, -0.2) is 8.78 Å². The third-order valence-corrected chi connectivity index (χ3v) is 5.42. The molecule has 0 saturated carbocycles. The first kappa shape index (κ1) is 18.1. The minimum atomic E-state index is -1.26. The second kappa shape index (κ2) is 7.37. The Morgan fingerprint density at radius 3 is 2.63 bits per heavy atom. The first-order valence-corrected chi connectivity index (χ1v) is 9.19. The van der Waals surface area contributed by atoms with Crippen molar-refractivity contribution in [3.63, 3.8) is 0 Å². The first-order valence-electron chi connectivity index (χ1n) is 9.19. The fourth-order valence-electron chi connectivity index (χ4n) is 3.94. The van der Waals surface area contributed by atoms with Crippen molar-refractivity contribution in [3.8, 4) is 0 Å². The van der Waals surface area contributed by atoms with Crippen LogP contribution in [0.2, 0.25) is 0 Å². The van der Waals surface area contributed by atoms with E-state index in [1.54, 1.807) is 17.0 Å². The van der Waals surface area contributed by atoms with Gasteiger partial charge in [0.15, 0.2) is 0 Å². The van der Waals surface area contributed by atoms with Gasteiger partial charge in [0, 0.05) is 13.0 Å². The average Bonchev–Trinajstić information content (AvgIpc) is 2.69. The third kappa shape index (κ3) is 3.47. The molecule has 0 spiro atoms. The average molecular weight is 372 g/mol. The van der Waals surface area contributed by atoms with Gasteiger partial charge in [0.25, 0.3) is 5.91 Å². The van der Waals surface area contributed by atoms with E-state index in [4.69, 9.17) is 10.5 Å². The minimum Gasteiger partial charge on any atom is -0.367 e. The summed E-state index contributed by atoms with van der Waals surface area (Å²) in [5.74, 6) is -0.570. The summed E-state index contributed by atoms with van der Waals surface area (Å²) in [6.07, 6.45) is -1.42. The number of nitrogens with two attached hydrogens (primary N) is 1. The molecule has 0 aliphatic carbocycles. The number of alkyl halides is 1. The molecule has 4 rings (SSSR count). The maximum absolute atomic E-state index is 14.0. The number of nitrogens with zero attached hydrogens (tertiary/aromatic N) is 1. The van der Waals surface area contributed by atoms with Crippen LogP contribution in [0.5, 0.6) is 0 Å². The summed E-state index contributed by atoms with van der Waals surface area (Å²) in [4.78, 5) is 14.9. The van der Waals surface area contributed by atoms with E-state index in [1.165, 1.54) is 12.1 Å². The van der Waals surface area contributed by atoms with E-state index in [9.17, 15) is 13.6 Å². The second-order valence-corrected chi connectivity index (χ2v) is 7.17. The number of fused-ring (bicyclic) bond motifs is 1. The second-order valence-electron chi connectivity index (χ2n) is 7.17. The Balaban J connectivity index is 1.68. The molecule has 0 bridgehead atoms. The van der Waals surface area contributed by atoms with Crippen molar-refractivity contribution in [1.29, 1.82) is 0 Å². The van der Waals surface area contributed by atoms with Gasteiger partial charge in [0.05, 0.1) is 18.7 Å². The highest BCUT2D eigenvalue weighted by Crippen LogP contribution is 2.36. The molecule has 2 aliphatic heterocycles. The van der Waals surface area contributed by atoms with Gasteiger partial charge in [0.1, 0.15) is 18.1 Å². The van der Waals surface area contributed by atoms with Crippen molar-refractivity contribution in [2.24, 2.45) is 5.73 Å². The molecule has 2 aromatic rings. The summed E-state index contributed by atoms with van der Waals surface area (Å²) >= 11 is 0. The number of halogens is 2. The molecule has 0 aromatic heterocycles. The Hall–Kier alpha value is -2.31. The number of ether oxygens (including phenoxy) is 1.